The zero-order valence-corrected chi connectivity index (χ0v) is 13.9. The van der Waals surface area contributed by atoms with Crippen molar-refractivity contribution < 1.29 is 0 Å². The fourth-order valence-electron chi connectivity index (χ4n) is 2.66. The molecule has 102 valence electrons. The first kappa shape index (κ1) is 14.5. The molecule has 2 heterocycles. The molecule has 4 heteroatoms. The second-order valence-corrected chi connectivity index (χ2v) is 7.75. The normalized spacial score (nSPS) is 24.3. The molecule has 2 rings (SSSR count). The van der Waals surface area contributed by atoms with E-state index in [1.54, 1.807) is 0 Å². The first-order chi connectivity index (χ1) is 8.50. The number of nitrogens with zero attached hydrogens (tertiary/aromatic N) is 1. The van der Waals surface area contributed by atoms with E-state index in [-0.39, 0.29) is 5.54 Å². The number of hydrogen-bond acceptors (Lipinski definition) is 3. The van der Waals surface area contributed by atoms with Crippen LogP contribution in [-0.4, -0.2) is 29.6 Å². The van der Waals surface area contributed by atoms with Crippen LogP contribution < -0.4 is 5.32 Å². The van der Waals surface area contributed by atoms with E-state index >= 15 is 0 Å². The summed E-state index contributed by atoms with van der Waals surface area (Å²) in [7, 11) is 0. The van der Waals surface area contributed by atoms with Crippen LogP contribution in [0.25, 0.3) is 0 Å². The molecule has 1 aliphatic heterocycles. The van der Waals surface area contributed by atoms with Crippen LogP contribution in [0.5, 0.6) is 0 Å². The van der Waals surface area contributed by atoms with E-state index in [1.807, 2.05) is 11.3 Å². The summed E-state index contributed by atoms with van der Waals surface area (Å²) >= 11 is 5.40. The van der Waals surface area contributed by atoms with E-state index in [0.29, 0.717) is 6.04 Å². The smallest absolute Gasteiger partial charge is 0.0332 e. The van der Waals surface area contributed by atoms with Crippen molar-refractivity contribution in [3.8, 4) is 0 Å². The van der Waals surface area contributed by atoms with E-state index in [9.17, 15) is 0 Å². The summed E-state index contributed by atoms with van der Waals surface area (Å²) < 4.78 is 1.21. The lowest BCUT2D eigenvalue weighted by atomic mass is 9.96. The maximum absolute atomic E-state index is 3.67. The van der Waals surface area contributed by atoms with Gasteiger partial charge in [-0.25, -0.2) is 0 Å². The molecule has 0 amide bonds. The van der Waals surface area contributed by atoms with Crippen LogP contribution in [0.3, 0.4) is 0 Å². The van der Waals surface area contributed by atoms with Crippen LogP contribution >= 0.6 is 27.3 Å². The van der Waals surface area contributed by atoms with Crippen molar-refractivity contribution in [3.63, 3.8) is 0 Å². The Morgan fingerprint density at radius 1 is 1.56 bits per heavy atom. The molecule has 0 spiro atoms. The molecule has 1 aromatic rings. The number of thiophene rings is 1. The lowest BCUT2D eigenvalue weighted by molar-refractivity contribution is 0.0836. The minimum absolute atomic E-state index is 0.235. The topological polar surface area (TPSA) is 15.3 Å². The molecule has 0 saturated carbocycles. The number of hydrogen-bond donors (Lipinski definition) is 1. The second-order valence-electron chi connectivity index (χ2n) is 5.84. The van der Waals surface area contributed by atoms with Crippen LogP contribution in [0.4, 0.5) is 0 Å². The molecule has 2 nitrogen and oxygen atoms in total. The SMILES string of the molecule is CCCC1CNC(C)(C)CN1Cc1cc(Br)cs1. The van der Waals surface area contributed by atoms with Crippen molar-refractivity contribution in [3.05, 3.63) is 20.8 Å². The minimum Gasteiger partial charge on any atom is -0.309 e. The third kappa shape index (κ3) is 3.80. The highest BCUT2D eigenvalue weighted by molar-refractivity contribution is 9.10. The first-order valence-corrected chi connectivity index (χ1v) is 8.39. The zero-order chi connectivity index (χ0) is 13.2. The van der Waals surface area contributed by atoms with Gasteiger partial charge in [0.25, 0.3) is 0 Å². The molecule has 1 unspecified atom stereocenters. The Balaban J connectivity index is 2.05. The molecule has 0 bridgehead atoms. The van der Waals surface area contributed by atoms with Gasteiger partial charge in [-0.15, -0.1) is 11.3 Å². The molecule has 0 radical (unpaired) electrons. The first-order valence-electron chi connectivity index (χ1n) is 6.72. The highest BCUT2D eigenvalue weighted by Gasteiger charge is 2.31. The average Bonchev–Trinajstić information content (AvgIpc) is 2.68. The second kappa shape index (κ2) is 6.04. The van der Waals surface area contributed by atoms with E-state index in [1.165, 1.54) is 22.2 Å². The van der Waals surface area contributed by atoms with Crippen LogP contribution in [0, 0.1) is 0 Å². The lowest BCUT2D eigenvalue weighted by Gasteiger charge is -2.44. The summed E-state index contributed by atoms with van der Waals surface area (Å²) in [6, 6.07) is 2.94. The molecular weight excluding hydrogens is 308 g/mol. The zero-order valence-electron chi connectivity index (χ0n) is 11.5. The fourth-order valence-corrected chi connectivity index (χ4v) is 4.13. The Kier molecular flexibility index (Phi) is 4.86. The van der Waals surface area contributed by atoms with Gasteiger partial charge in [0.1, 0.15) is 0 Å². The highest BCUT2D eigenvalue weighted by atomic mass is 79.9. The molecule has 1 aromatic heterocycles. The van der Waals surface area contributed by atoms with Crippen molar-refractivity contribution in [1.29, 1.82) is 0 Å². The summed E-state index contributed by atoms with van der Waals surface area (Å²) in [5.41, 5.74) is 0.235. The van der Waals surface area contributed by atoms with Gasteiger partial charge in [0.05, 0.1) is 0 Å². The van der Waals surface area contributed by atoms with Crippen LogP contribution in [-0.2, 0) is 6.54 Å². The Bertz CT molecular complexity index is 389. The Hall–Kier alpha value is 0.1000. The monoisotopic (exact) mass is 330 g/mol. The van der Waals surface area contributed by atoms with E-state index in [0.717, 1.165) is 19.6 Å². The van der Waals surface area contributed by atoms with Crippen molar-refractivity contribution in [2.45, 2.75) is 51.7 Å². The Morgan fingerprint density at radius 3 is 2.94 bits per heavy atom. The molecule has 1 atom stereocenters. The van der Waals surface area contributed by atoms with E-state index < -0.39 is 0 Å². The van der Waals surface area contributed by atoms with E-state index in [4.69, 9.17) is 0 Å². The predicted molar refractivity (Wildman–Crippen MR) is 83.2 cm³/mol. The maximum atomic E-state index is 3.67. The van der Waals surface area contributed by atoms with Gasteiger partial charge in [-0.05, 0) is 42.3 Å². The molecule has 1 saturated heterocycles. The Labute approximate surface area is 123 Å². The number of nitrogens with one attached hydrogen (secondary N) is 1. The minimum atomic E-state index is 0.235. The van der Waals surface area contributed by atoms with Crippen molar-refractivity contribution >= 4 is 27.3 Å². The Morgan fingerprint density at radius 2 is 2.33 bits per heavy atom. The van der Waals surface area contributed by atoms with Gasteiger partial charge in [-0.1, -0.05) is 13.3 Å². The molecular formula is C14H23BrN2S. The molecule has 0 aliphatic carbocycles. The lowest BCUT2D eigenvalue weighted by Crippen LogP contribution is -2.61. The third-order valence-electron chi connectivity index (χ3n) is 3.53. The van der Waals surface area contributed by atoms with Gasteiger partial charge in [-0.3, -0.25) is 4.90 Å². The number of piperazine rings is 1. The van der Waals surface area contributed by atoms with Crippen LogP contribution in [0.1, 0.15) is 38.5 Å². The van der Waals surface area contributed by atoms with Gasteiger partial charge in [0.2, 0.25) is 0 Å². The molecule has 1 N–H and O–H groups in total. The standard InChI is InChI=1S/C14H23BrN2S/c1-4-5-12-7-16-14(2,3)10-17(12)8-13-6-11(15)9-18-13/h6,9,12,16H,4-5,7-8,10H2,1-3H3. The van der Waals surface area contributed by atoms with Crippen molar-refractivity contribution in [2.24, 2.45) is 0 Å². The van der Waals surface area contributed by atoms with Crippen molar-refractivity contribution in [1.82, 2.24) is 10.2 Å². The quantitative estimate of drug-likeness (QED) is 0.901. The van der Waals surface area contributed by atoms with E-state index in [2.05, 4.69) is 58.4 Å². The molecule has 1 fully saturated rings. The summed E-state index contributed by atoms with van der Waals surface area (Å²) in [4.78, 5) is 4.11. The highest BCUT2D eigenvalue weighted by Crippen LogP contribution is 2.25. The summed E-state index contributed by atoms with van der Waals surface area (Å²) in [5, 5.41) is 5.84. The molecule has 0 aromatic carbocycles. The van der Waals surface area contributed by atoms with Gasteiger partial charge >= 0.3 is 0 Å². The predicted octanol–water partition coefficient (Wildman–Crippen LogP) is 3.86. The fraction of sp³-hybridized carbons (Fsp3) is 0.714. The van der Waals surface area contributed by atoms with Gasteiger partial charge in [-0.2, -0.15) is 0 Å². The van der Waals surface area contributed by atoms with Crippen molar-refractivity contribution in [2.75, 3.05) is 13.1 Å². The third-order valence-corrected chi connectivity index (χ3v) is 5.22. The number of rotatable bonds is 4. The summed E-state index contributed by atoms with van der Waals surface area (Å²) in [5.74, 6) is 0. The van der Waals surface area contributed by atoms with Gasteiger partial charge in [0, 0.05) is 45.9 Å². The van der Waals surface area contributed by atoms with Gasteiger partial charge in [0.15, 0.2) is 0 Å². The summed E-state index contributed by atoms with van der Waals surface area (Å²) in [6.45, 7) is 10.2. The molecule has 18 heavy (non-hydrogen) atoms. The number of halogens is 1. The van der Waals surface area contributed by atoms with Crippen LogP contribution in [0.2, 0.25) is 0 Å². The largest absolute Gasteiger partial charge is 0.309 e. The van der Waals surface area contributed by atoms with Crippen LogP contribution in [0.15, 0.2) is 15.9 Å². The maximum Gasteiger partial charge on any atom is 0.0332 e. The molecule has 1 aliphatic rings. The summed E-state index contributed by atoms with van der Waals surface area (Å²) in [6.07, 6.45) is 2.55. The average molecular weight is 331 g/mol. The van der Waals surface area contributed by atoms with Gasteiger partial charge < -0.3 is 5.32 Å².